The summed E-state index contributed by atoms with van der Waals surface area (Å²) in [6, 6.07) is 1.40. The summed E-state index contributed by atoms with van der Waals surface area (Å²) in [5.74, 6) is -1.14. The number of nitrogens with zero attached hydrogens (tertiary/aromatic N) is 3. The molecule has 0 unspecified atom stereocenters. The summed E-state index contributed by atoms with van der Waals surface area (Å²) in [4.78, 5) is 10.4. The van der Waals surface area contributed by atoms with Gasteiger partial charge >= 0.3 is 6.18 Å². The molecular formula is C8H4F3N3S. The van der Waals surface area contributed by atoms with E-state index >= 15 is 0 Å². The van der Waals surface area contributed by atoms with E-state index < -0.39 is 12.0 Å². The minimum Gasteiger partial charge on any atom is -0.243 e. The average molecular weight is 231 g/mol. The van der Waals surface area contributed by atoms with Gasteiger partial charge < -0.3 is 0 Å². The Morgan fingerprint density at radius 2 is 1.93 bits per heavy atom. The molecule has 2 rings (SSSR count). The topological polar surface area (TPSA) is 38.7 Å². The van der Waals surface area contributed by atoms with Gasteiger partial charge in [0.1, 0.15) is 10.7 Å². The molecule has 3 nitrogen and oxygen atoms in total. The van der Waals surface area contributed by atoms with Gasteiger partial charge in [-0.2, -0.15) is 13.2 Å². The zero-order valence-corrected chi connectivity index (χ0v) is 8.01. The summed E-state index contributed by atoms with van der Waals surface area (Å²) < 4.78 is 36.8. The van der Waals surface area contributed by atoms with E-state index in [1.165, 1.54) is 23.6 Å². The Labute approximate surface area is 86.6 Å². The minimum absolute atomic E-state index is 0.187. The molecule has 0 bridgehead atoms. The molecule has 2 aromatic heterocycles. The van der Waals surface area contributed by atoms with Crippen LogP contribution < -0.4 is 0 Å². The first-order chi connectivity index (χ1) is 7.07. The Morgan fingerprint density at radius 3 is 2.53 bits per heavy atom. The zero-order chi connectivity index (χ0) is 10.9. The van der Waals surface area contributed by atoms with Crippen LogP contribution in [0.2, 0.25) is 0 Å². The number of hydrogen-bond donors (Lipinski definition) is 0. The molecule has 0 aliphatic heterocycles. The number of alkyl halides is 3. The van der Waals surface area contributed by atoms with Gasteiger partial charge in [0.05, 0.1) is 0 Å². The molecule has 15 heavy (non-hydrogen) atoms. The van der Waals surface area contributed by atoms with Gasteiger partial charge in [0, 0.05) is 17.8 Å². The maximum atomic E-state index is 12.3. The third-order valence-corrected chi connectivity index (χ3v) is 2.36. The molecule has 0 aliphatic rings. The van der Waals surface area contributed by atoms with Gasteiger partial charge in [0.15, 0.2) is 0 Å². The predicted octanol–water partition coefficient (Wildman–Crippen LogP) is 2.62. The Hall–Kier alpha value is -1.50. The maximum absolute atomic E-state index is 12.3. The molecule has 0 aromatic carbocycles. The summed E-state index contributed by atoms with van der Waals surface area (Å²) in [5, 5.41) is 2.12. The molecule has 0 saturated heterocycles. The summed E-state index contributed by atoms with van der Waals surface area (Å²) in [6.07, 6.45) is -1.94. The largest absolute Gasteiger partial charge is 0.451 e. The van der Waals surface area contributed by atoms with Gasteiger partial charge in [0.25, 0.3) is 0 Å². The van der Waals surface area contributed by atoms with Gasteiger partial charge in [-0.3, -0.25) is 0 Å². The standard InChI is InChI=1S/C8H4F3N3S/c9-8(10,11)7-13-2-1-5(14-7)6-12-3-4-15-6/h1-4H. The molecule has 7 heteroatoms. The van der Waals surface area contributed by atoms with E-state index in [9.17, 15) is 13.2 Å². The Balaban J connectivity index is 2.44. The third kappa shape index (κ3) is 2.12. The summed E-state index contributed by atoms with van der Waals surface area (Å²) >= 11 is 1.23. The van der Waals surface area contributed by atoms with Crippen molar-refractivity contribution in [3.8, 4) is 10.7 Å². The third-order valence-electron chi connectivity index (χ3n) is 1.56. The van der Waals surface area contributed by atoms with Gasteiger partial charge in [-0.15, -0.1) is 11.3 Å². The van der Waals surface area contributed by atoms with E-state index in [0.717, 1.165) is 6.20 Å². The molecule has 0 amide bonds. The molecule has 0 atom stereocenters. The van der Waals surface area contributed by atoms with Crippen molar-refractivity contribution in [2.45, 2.75) is 6.18 Å². The molecule has 0 spiro atoms. The predicted molar refractivity (Wildman–Crippen MR) is 48.1 cm³/mol. The van der Waals surface area contributed by atoms with Crippen LogP contribution >= 0.6 is 11.3 Å². The second-order valence-electron chi connectivity index (χ2n) is 2.60. The SMILES string of the molecule is FC(F)(F)c1nccc(-c2nccs2)n1. The summed E-state index contributed by atoms with van der Waals surface area (Å²) in [6.45, 7) is 0. The average Bonchev–Trinajstić information content (AvgIpc) is 2.69. The van der Waals surface area contributed by atoms with Crippen LogP contribution in [0, 0.1) is 0 Å². The van der Waals surface area contributed by atoms with Crippen molar-refractivity contribution >= 4 is 11.3 Å². The van der Waals surface area contributed by atoms with Crippen molar-refractivity contribution in [3.05, 3.63) is 29.7 Å². The number of aromatic nitrogens is 3. The van der Waals surface area contributed by atoms with Gasteiger partial charge in [-0.1, -0.05) is 0 Å². The van der Waals surface area contributed by atoms with E-state index in [4.69, 9.17) is 0 Å². The molecule has 2 heterocycles. The number of rotatable bonds is 1. The summed E-state index contributed by atoms with van der Waals surface area (Å²) in [5.41, 5.74) is 0.187. The second kappa shape index (κ2) is 3.58. The lowest BCUT2D eigenvalue weighted by molar-refractivity contribution is -0.144. The highest BCUT2D eigenvalue weighted by atomic mass is 32.1. The molecule has 0 N–H and O–H groups in total. The van der Waals surface area contributed by atoms with Gasteiger partial charge in [-0.05, 0) is 6.07 Å². The number of halogens is 3. The molecule has 0 radical (unpaired) electrons. The van der Waals surface area contributed by atoms with Crippen LogP contribution in [-0.2, 0) is 6.18 Å². The molecule has 0 saturated carbocycles. The molecular weight excluding hydrogens is 227 g/mol. The number of hydrogen-bond acceptors (Lipinski definition) is 4. The van der Waals surface area contributed by atoms with Crippen molar-refractivity contribution in [3.63, 3.8) is 0 Å². The van der Waals surface area contributed by atoms with Crippen molar-refractivity contribution in [1.29, 1.82) is 0 Å². The smallest absolute Gasteiger partial charge is 0.243 e. The van der Waals surface area contributed by atoms with Crippen LogP contribution in [0.25, 0.3) is 10.7 Å². The van der Waals surface area contributed by atoms with Crippen LogP contribution in [0.3, 0.4) is 0 Å². The van der Waals surface area contributed by atoms with E-state index in [2.05, 4.69) is 15.0 Å². The normalized spacial score (nSPS) is 11.7. The fraction of sp³-hybridized carbons (Fsp3) is 0.125. The fourth-order valence-corrected chi connectivity index (χ4v) is 1.57. The van der Waals surface area contributed by atoms with E-state index in [-0.39, 0.29) is 5.69 Å². The van der Waals surface area contributed by atoms with Crippen LogP contribution in [-0.4, -0.2) is 15.0 Å². The van der Waals surface area contributed by atoms with E-state index in [1.54, 1.807) is 5.38 Å². The first kappa shape index (κ1) is 10.0. The van der Waals surface area contributed by atoms with Gasteiger partial charge in [-0.25, -0.2) is 15.0 Å². The van der Waals surface area contributed by atoms with E-state index in [0.29, 0.717) is 5.01 Å². The first-order valence-electron chi connectivity index (χ1n) is 3.87. The first-order valence-corrected chi connectivity index (χ1v) is 4.75. The minimum atomic E-state index is -4.52. The quantitative estimate of drug-likeness (QED) is 0.757. The molecule has 0 aliphatic carbocycles. The zero-order valence-electron chi connectivity index (χ0n) is 7.19. The Bertz CT molecular complexity index is 452. The highest BCUT2D eigenvalue weighted by Crippen LogP contribution is 2.27. The summed E-state index contributed by atoms with van der Waals surface area (Å²) in [7, 11) is 0. The lowest BCUT2D eigenvalue weighted by atomic mass is 10.4. The Kier molecular flexibility index (Phi) is 2.39. The molecule has 78 valence electrons. The van der Waals surface area contributed by atoms with Crippen LogP contribution in [0.15, 0.2) is 23.8 Å². The van der Waals surface area contributed by atoms with E-state index in [1.807, 2.05) is 0 Å². The maximum Gasteiger partial charge on any atom is 0.451 e. The van der Waals surface area contributed by atoms with Crippen molar-refractivity contribution in [2.24, 2.45) is 0 Å². The lowest BCUT2D eigenvalue weighted by Gasteiger charge is -2.04. The highest BCUT2D eigenvalue weighted by molar-refractivity contribution is 7.13. The van der Waals surface area contributed by atoms with Gasteiger partial charge in [0.2, 0.25) is 5.82 Å². The number of thiazole rings is 1. The highest BCUT2D eigenvalue weighted by Gasteiger charge is 2.34. The monoisotopic (exact) mass is 231 g/mol. The molecule has 2 aromatic rings. The Morgan fingerprint density at radius 1 is 1.13 bits per heavy atom. The van der Waals surface area contributed by atoms with Crippen LogP contribution in [0.1, 0.15) is 5.82 Å². The van der Waals surface area contributed by atoms with Crippen molar-refractivity contribution < 1.29 is 13.2 Å². The van der Waals surface area contributed by atoms with Crippen LogP contribution in [0.5, 0.6) is 0 Å². The lowest BCUT2D eigenvalue weighted by Crippen LogP contribution is -2.10. The van der Waals surface area contributed by atoms with Crippen molar-refractivity contribution in [1.82, 2.24) is 15.0 Å². The van der Waals surface area contributed by atoms with Crippen LogP contribution in [0.4, 0.5) is 13.2 Å². The van der Waals surface area contributed by atoms with Crippen molar-refractivity contribution in [2.75, 3.05) is 0 Å². The fourth-order valence-electron chi connectivity index (χ4n) is 0.964. The second-order valence-corrected chi connectivity index (χ2v) is 3.50. The molecule has 0 fully saturated rings.